The first kappa shape index (κ1) is 16.9. The Morgan fingerprint density at radius 1 is 1.30 bits per heavy atom. The molecule has 0 aromatic carbocycles. The number of ether oxygens (including phenoxy) is 1. The van der Waals surface area contributed by atoms with Crippen LogP contribution in [0.3, 0.4) is 0 Å². The quantitative estimate of drug-likeness (QED) is 0.705. The molecule has 4 nitrogen and oxygen atoms in total. The van der Waals surface area contributed by atoms with Crippen molar-refractivity contribution >= 4 is 0 Å². The normalized spacial score (nSPS) is 11.3. The number of nitrogens with one attached hydrogen (secondary N) is 1. The zero-order chi connectivity index (χ0) is 15.0. The van der Waals surface area contributed by atoms with Gasteiger partial charge in [0.05, 0.1) is 12.3 Å². The molecule has 0 atom stereocenters. The predicted octanol–water partition coefficient (Wildman–Crippen LogP) is 2.47. The molecule has 1 rings (SSSR count). The van der Waals surface area contributed by atoms with Crippen molar-refractivity contribution in [1.82, 2.24) is 15.2 Å². The Morgan fingerprint density at radius 2 is 2.05 bits per heavy atom. The van der Waals surface area contributed by atoms with Crippen LogP contribution in [0, 0.1) is 12.8 Å². The van der Waals surface area contributed by atoms with Crippen molar-refractivity contribution in [3.63, 3.8) is 0 Å². The Kier molecular flexibility index (Phi) is 7.55. The zero-order valence-corrected chi connectivity index (χ0v) is 13.6. The molecule has 0 fully saturated rings. The fourth-order valence-corrected chi connectivity index (χ4v) is 1.90. The minimum absolute atomic E-state index is 0.643. The second-order valence-corrected chi connectivity index (χ2v) is 5.93. The van der Waals surface area contributed by atoms with E-state index in [1.165, 1.54) is 0 Å². The highest BCUT2D eigenvalue weighted by atomic mass is 16.5. The summed E-state index contributed by atoms with van der Waals surface area (Å²) in [6, 6.07) is 4.04. The molecule has 0 aliphatic rings. The summed E-state index contributed by atoms with van der Waals surface area (Å²) in [7, 11) is 4.16. The molecular formula is C16H29N3O. The van der Waals surface area contributed by atoms with E-state index in [1.54, 1.807) is 0 Å². The zero-order valence-electron chi connectivity index (χ0n) is 13.6. The van der Waals surface area contributed by atoms with E-state index in [4.69, 9.17) is 4.74 Å². The minimum Gasteiger partial charge on any atom is -0.492 e. The average molecular weight is 279 g/mol. The smallest absolute Gasteiger partial charge is 0.142 e. The molecule has 4 heteroatoms. The van der Waals surface area contributed by atoms with Crippen LogP contribution in [0.25, 0.3) is 0 Å². The molecule has 0 aliphatic carbocycles. The fourth-order valence-electron chi connectivity index (χ4n) is 1.90. The largest absolute Gasteiger partial charge is 0.492 e. The Labute approximate surface area is 123 Å². The minimum atomic E-state index is 0.643. The summed E-state index contributed by atoms with van der Waals surface area (Å²) >= 11 is 0. The van der Waals surface area contributed by atoms with E-state index >= 15 is 0 Å². The van der Waals surface area contributed by atoms with Crippen LogP contribution in [0.4, 0.5) is 0 Å². The van der Waals surface area contributed by atoms with Crippen molar-refractivity contribution in [2.75, 3.05) is 33.8 Å². The molecule has 0 radical (unpaired) electrons. The monoisotopic (exact) mass is 279 g/mol. The van der Waals surface area contributed by atoms with Gasteiger partial charge in [-0.15, -0.1) is 0 Å². The highest BCUT2D eigenvalue weighted by Gasteiger charge is 2.06. The molecule has 114 valence electrons. The van der Waals surface area contributed by atoms with E-state index in [0.29, 0.717) is 5.92 Å². The summed E-state index contributed by atoms with van der Waals surface area (Å²) in [4.78, 5) is 6.75. The summed E-state index contributed by atoms with van der Waals surface area (Å²) in [5, 5.41) is 3.43. The second-order valence-electron chi connectivity index (χ2n) is 5.93. The Bertz CT molecular complexity index is 391. The lowest BCUT2D eigenvalue weighted by Crippen LogP contribution is -2.21. The number of pyridine rings is 1. The molecule has 0 spiro atoms. The van der Waals surface area contributed by atoms with Crippen LogP contribution in [0.1, 0.15) is 31.7 Å². The van der Waals surface area contributed by atoms with Gasteiger partial charge in [0.1, 0.15) is 5.75 Å². The lowest BCUT2D eigenvalue weighted by atomic mass is 10.2. The van der Waals surface area contributed by atoms with Crippen molar-refractivity contribution in [1.29, 1.82) is 0 Å². The van der Waals surface area contributed by atoms with Crippen molar-refractivity contribution in [2.45, 2.75) is 33.7 Å². The first-order valence-electron chi connectivity index (χ1n) is 7.43. The lowest BCUT2D eigenvalue weighted by Gasteiger charge is -2.14. The summed E-state index contributed by atoms with van der Waals surface area (Å²) in [6.45, 7) is 9.96. The van der Waals surface area contributed by atoms with Crippen molar-refractivity contribution < 1.29 is 4.74 Å². The molecule has 0 saturated heterocycles. The number of aryl methyl sites for hydroxylation is 1. The first-order valence-corrected chi connectivity index (χ1v) is 7.43. The van der Waals surface area contributed by atoms with Gasteiger partial charge in [-0.05, 0) is 52.0 Å². The van der Waals surface area contributed by atoms with E-state index < -0.39 is 0 Å². The summed E-state index contributed by atoms with van der Waals surface area (Å²) < 4.78 is 5.87. The van der Waals surface area contributed by atoms with Crippen molar-refractivity contribution in [2.24, 2.45) is 5.92 Å². The topological polar surface area (TPSA) is 37.4 Å². The van der Waals surface area contributed by atoms with Gasteiger partial charge in [0, 0.05) is 18.8 Å². The van der Waals surface area contributed by atoms with Gasteiger partial charge in [-0.1, -0.05) is 13.8 Å². The molecule has 0 unspecified atom stereocenters. The maximum absolute atomic E-state index is 5.87. The van der Waals surface area contributed by atoms with E-state index in [1.807, 2.05) is 19.1 Å². The summed E-state index contributed by atoms with van der Waals surface area (Å²) in [6.07, 6.45) is 1.03. The van der Waals surface area contributed by atoms with Crippen molar-refractivity contribution in [3.05, 3.63) is 23.5 Å². The lowest BCUT2D eigenvalue weighted by molar-refractivity contribution is 0.277. The molecule has 1 aromatic heterocycles. The van der Waals surface area contributed by atoms with Crippen LogP contribution in [0.2, 0.25) is 0 Å². The van der Waals surface area contributed by atoms with Gasteiger partial charge >= 0.3 is 0 Å². The Morgan fingerprint density at radius 3 is 2.70 bits per heavy atom. The highest BCUT2D eigenvalue weighted by Crippen LogP contribution is 2.17. The highest BCUT2D eigenvalue weighted by molar-refractivity contribution is 5.29. The maximum Gasteiger partial charge on any atom is 0.142 e. The number of rotatable bonds is 9. The third kappa shape index (κ3) is 6.87. The standard InChI is InChI=1S/C16H29N3O/c1-13(2)11-17-12-15-16(8-7-14(3)18-15)20-10-6-9-19(4)5/h7-8,13,17H,6,9-12H2,1-5H3. The average Bonchev–Trinajstić information content (AvgIpc) is 2.36. The predicted molar refractivity (Wildman–Crippen MR) is 84.2 cm³/mol. The van der Waals surface area contributed by atoms with E-state index in [9.17, 15) is 0 Å². The second kappa shape index (κ2) is 8.93. The molecular weight excluding hydrogens is 250 g/mol. The van der Waals surface area contributed by atoms with Crippen LogP contribution in [-0.2, 0) is 6.54 Å². The molecule has 0 amide bonds. The van der Waals surface area contributed by atoms with Gasteiger partial charge in [-0.25, -0.2) is 0 Å². The number of hydrogen-bond acceptors (Lipinski definition) is 4. The Balaban J connectivity index is 2.51. The van der Waals surface area contributed by atoms with Gasteiger partial charge in [0.15, 0.2) is 0 Å². The van der Waals surface area contributed by atoms with Gasteiger partial charge < -0.3 is 15.0 Å². The van der Waals surface area contributed by atoms with Crippen LogP contribution < -0.4 is 10.1 Å². The van der Waals surface area contributed by atoms with E-state index in [0.717, 1.165) is 49.8 Å². The molecule has 20 heavy (non-hydrogen) atoms. The molecule has 0 bridgehead atoms. The van der Waals surface area contributed by atoms with Crippen LogP contribution in [0.5, 0.6) is 5.75 Å². The summed E-state index contributed by atoms with van der Waals surface area (Å²) in [5.74, 6) is 1.55. The Hall–Kier alpha value is -1.13. The maximum atomic E-state index is 5.87. The van der Waals surface area contributed by atoms with Gasteiger partial charge in [-0.3, -0.25) is 4.98 Å². The summed E-state index contributed by atoms with van der Waals surface area (Å²) in [5.41, 5.74) is 2.04. The fraction of sp³-hybridized carbons (Fsp3) is 0.688. The first-order chi connectivity index (χ1) is 9.49. The number of hydrogen-bond donors (Lipinski definition) is 1. The van der Waals surface area contributed by atoms with Crippen LogP contribution >= 0.6 is 0 Å². The SMILES string of the molecule is Cc1ccc(OCCCN(C)C)c(CNCC(C)C)n1. The van der Waals surface area contributed by atoms with Gasteiger partial charge in [0.25, 0.3) is 0 Å². The van der Waals surface area contributed by atoms with Gasteiger partial charge in [0.2, 0.25) is 0 Å². The third-order valence-electron chi connectivity index (χ3n) is 2.92. The number of aromatic nitrogens is 1. The molecule has 1 N–H and O–H groups in total. The van der Waals surface area contributed by atoms with Crippen LogP contribution in [0.15, 0.2) is 12.1 Å². The van der Waals surface area contributed by atoms with E-state index in [2.05, 4.69) is 43.1 Å². The molecule has 0 aliphatic heterocycles. The van der Waals surface area contributed by atoms with Gasteiger partial charge in [-0.2, -0.15) is 0 Å². The molecule has 0 saturated carbocycles. The van der Waals surface area contributed by atoms with E-state index in [-0.39, 0.29) is 0 Å². The van der Waals surface area contributed by atoms with Crippen LogP contribution in [-0.4, -0.2) is 43.7 Å². The number of nitrogens with zero attached hydrogens (tertiary/aromatic N) is 2. The third-order valence-corrected chi connectivity index (χ3v) is 2.92. The molecule has 1 aromatic rings. The molecule has 1 heterocycles. The van der Waals surface area contributed by atoms with Crippen molar-refractivity contribution in [3.8, 4) is 5.75 Å².